The van der Waals surface area contributed by atoms with Gasteiger partial charge in [0.2, 0.25) is 0 Å². The SMILES string of the molecule is CCOc1ccc(C2=C(N(C)C3CCN(C)CC3)C(=O)N(c3ccccc3Cl)C2=O)cc1. The minimum Gasteiger partial charge on any atom is -0.494 e. The van der Waals surface area contributed by atoms with Crippen LogP contribution in [0.5, 0.6) is 5.75 Å². The minimum absolute atomic E-state index is 0.182. The standard InChI is InChI=1S/C25H28ClN3O3/c1-4-32-19-11-9-17(10-12-19)22-23(28(3)18-13-15-27(2)16-14-18)25(31)29(24(22)30)21-8-6-5-7-20(21)26/h5-12,18H,4,13-16H2,1-3H3. The number of benzene rings is 2. The van der Waals surface area contributed by atoms with Crippen LogP contribution in [0.3, 0.4) is 0 Å². The van der Waals surface area contributed by atoms with Gasteiger partial charge in [-0.15, -0.1) is 0 Å². The monoisotopic (exact) mass is 453 g/mol. The molecule has 4 rings (SSSR count). The van der Waals surface area contributed by atoms with Gasteiger partial charge in [-0.1, -0.05) is 35.9 Å². The van der Waals surface area contributed by atoms with Gasteiger partial charge < -0.3 is 14.5 Å². The van der Waals surface area contributed by atoms with E-state index in [1.165, 1.54) is 4.90 Å². The molecule has 2 aromatic carbocycles. The van der Waals surface area contributed by atoms with E-state index in [-0.39, 0.29) is 17.9 Å². The van der Waals surface area contributed by atoms with Gasteiger partial charge >= 0.3 is 0 Å². The maximum absolute atomic E-state index is 13.7. The number of hydrogen-bond acceptors (Lipinski definition) is 5. The lowest BCUT2D eigenvalue weighted by atomic mass is 10.00. The molecule has 1 fully saturated rings. The van der Waals surface area contributed by atoms with Gasteiger partial charge in [-0.25, -0.2) is 4.90 Å². The molecule has 1 saturated heterocycles. The van der Waals surface area contributed by atoms with Crippen molar-refractivity contribution in [3.05, 3.63) is 64.8 Å². The first-order chi connectivity index (χ1) is 15.4. The molecular weight excluding hydrogens is 426 g/mol. The Kier molecular flexibility index (Phi) is 6.53. The molecule has 0 aliphatic carbocycles. The quantitative estimate of drug-likeness (QED) is 0.617. The predicted octanol–water partition coefficient (Wildman–Crippen LogP) is 4.05. The van der Waals surface area contributed by atoms with Crippen molar-refractivity contribution in [1.82, 2.24) is 9.80 Å². The number of ether oxygens (including phenoxy) is 1. The third kappa shape index (κ3) is 4.12. The highest BCUT2D eigenvalue weighted by molar-refractivity contribution is 6.47. The highest BCUT2D eigenvalue weighted by Crippen LogP contribution is 2.38. The Labute approximate surface area is 194 Å². The predicted molar refractivity (Wildman–Crippen MR) is 127 cm³/mol. The Balaban J connectivity index is 1.78. The van der Waals surface area contributed by atoms with E-state index < -0.39 is 0 Å². The molecule has 32 heavy (non-hydrogen) atoms. The topological polar surface area (TPSA) is 53.1 Å². The van der Waals surface area contributed by atoms with Crippen LogP contribution in [0.4, 0.5) is 5.69 Å². The molecule has 7 heteroatoms. The second-order valence-electron chi connectivity index (χ2n) is 8.22. The molecule has 6 nitrogen and oxygen atoms in total. The lowest BCUT2D eigenvalue weighted by molar-refractivity contribution is -0.120. The number of likely N-dealkylation sites (N-methyl/N-ethyl adjacent to an activating group) is 1. The second-order valence-corrected chi connectivity index (χ2v) is 8.63. The average molecular weight is 454 g/mol. The zero-order valence-corrected chi connectivity index (χ0v) is 19.4. The fourth-order valence-electron chi connectivity index (χ4n) is 4.41. The first-order valence-electron chi connectivity index (χ1n) is 10.9. The number of para-hydroxylation sites is 1. The Morgan fingerprint density at radius 2 is 1.69 bits per heavy atom. The molecule has 2 heterocycles. The number of likely N-dealkylation sites (tertiary alicyclic amines) is 1. The molecule has 2 amide bonds. The molecule has 2 aromatic rings. The Bertz CT molecular complexity index is 1040. The lowest BCUT2D eigenvalue weighted by Crippen LogP contribution is -2.43. The van der Waals surface area contributed by atoms with E-state index in [9.17, 15) is 9.59 Å². The zero-order valence-electron chi connectivity index (χ0n) is 18.7. The van der Waals surface area contributed by atoms with Crippen molar-refractivity contribution >= 4 is 34.7 Å². The first kappa shape index (κ1) is 22.4. The van der Waals surface area contributed by atoms with Crippen molar-refractivity contribution < 1.29 is 14.3 Å². The van der Waals surface area contributed by atoms with Crippen LogP contribution in [-0.4, -0.2) is 61.4 Å². The summed E-state index contributed by atoms with van der Waals surface area (Å²) in [6, 6.07) is 14.5. The highest BCUT2D eigenvalue weighted by atomic mass is 35.5. The average Bonchev–Trinajstić information content (AvgIpc) is 3.05. The number of anilines is 1. The fraction of sp³-hybridized carbons (Fsp3) is 0.360. The molecule has 2 aliphatic heterocycles. The Hall–Kier alpha value is -2.83. The molecule has 0 saturated carbocycles. The van der Waals surface area contributed by atoms with Crippen molar-refractivity contribution in [2.24, 2.45) is 0 Å². The summed E-state index contributed by atoms with van der Waals surface area (Å²) in [5.74, 6) is 0.0252. The van der Waals surface area contributed by atoms with Gasteiger partial charge in [-0.2, -0.15) is 0 Å². The van der Waals surface area contributed by atoms with Gasteiger partial charge in [0, 0.05) is 13.1 Å². The van der Waals surface area contributed by atoms with Gasteiger partial charge in [0.1, 0.15) is 11.4 Å². The number of nitrogens with zero attached hydrogens (tertiary/aromatic N) is 3. The fourth-order valence-corrected chi connectivity index (χ4v) is 4.63. The van der Waals surface area contributed by atoms with Crippen LogP contribution >= 0.6 is 11.6 Å². The number of piperidine rings is 1. The van der Waals surface area contributed by atoms with Crippen LogP contribution < -0.4 is 9.64 Å². The molecule has 0 spiro atoms. The molecule has 168 valence electrons. The third-order valence-electron chi connectivity index (χ3n) is 6.20. The number of amides is 2. The van der Waals surface area contributed by atoms with Gasteiger partial charge in [-0.05, 0) is 69.7 Å². The molecule has 0 radical (unpaired) electrons. The number of rotatable bonds is 6. The molecule has 2 aliphatic rings. The van der Waals surface area contributed by atoms with Gasteiger partial charge in [0.05, 0.1) is 22.9 Å². The van der Waals surface area contributed by atoms with E-state index >= 15 is 0 Å². The summed E-state index contributed by atoms with van der Waals surface area (Å²) >= 11 is 6.38. The van der Waals surface area contributed by atoms with Crippen LogP contribution in [0.1, 0.15) is 25.3 Å². The maximum atomic E-state index is 13.7. The van der Waals surface area contributed by atoms with Crippen molar-refractivity contribution in [1.29, 1.82) is 0 Å². The molecule has 0 atom stereocenters. The van der Waals surface area contributed by atoms with Gasteiger partial charge in [-0.3, -0.25) is 9.59 Å². The number of carbonyl (C=O) groups excluding carboxylic acids is 2. The van der Waals surface area contributed by atoms with Crippen molar-refractivity contribution in [2.75, 3.05) is 38.7 Å². The van der Waals surface area contributed by atoms with Crippen LogP contribution in [0, 0.1) is 0 Å². The molecule has 0 N–H and O–H groups in total. The third-order valence-corrected chi connectivity index (χ3v) is 6.51. The normalized spacial score (nSPS) is 17.9. The maximum Gasteiger partial charge on any atom is 0.282 e. The molecule has 0 aromatic heterocycles. The van der Waals surface area contributed by atoms with E-state index in [1.54, 1.807) is 24.3 Å². The minimum atomic E-state index is -0.359. The summed E-state index contributed by atoms with van der Waals surface area (Å²) in [4.78, 5) is 32.8. The molecular formula is C25H28ClN3O3. The summed E-state index contributed by atoms with van der Waals surface area (Å²) in [6.07, 6.45) is 1.86. The summed E-state index contributed by atoms with van der Waals surface area (Å²) < 4.78 is 5.55. The smallest absolute Gasteiger partial charge is 0.282 e. The van der Waals surface area contributed by atoms with Crippen LogP contribution in [0.2, 0.25) is 5.02 Å². The van der Waals surface area contributed by atoms with E-state index in [1.807, 2.05) is 43.1 Å². The summed E-state index contributed by atoms with van der Waals surface area (Å²) in [6.45, 7) is 4.39. The van der Waals surface area contributed by atoms with E-state index in [0.29, 0.717) is 34.2 Å². The summed E-state index contributed by atoms with van der Waals surface area (Å²) in [5.41, 5.74) is 1.92. The van der Waals surface area contributed by atoms with Gasteiger partial charge in [0.25, 0.3) is 11.8 Å². The van der Waals surface area contributed by atoms with Crippen LogP contribution in [0.25, 0.3) is 5.57 Å². The van der Waals surface area contributed by atoms with E-state index in [2.05, 4.69) is 11.9 Å². The van der Waals surface area contributed by atoms with Crippen LogP contribution in [0.15, 0.2) is 54.2 Å². The Morgan fingerprint density at radius 3 is 2.31 bits per heavy atom. The van der Waals surface area contributed by atoms with Crippen molar-refractivity contribution in [3.8, 4) is 5.75 Å². The van der Waals surface area contributed by atoms with E-state index in [0.717, 1.165) is 31.7 Å². The number of imide groups is 1. The highest BCUT2D eigenvalue weighted by Gasteiger charge is 2.43. The number of hydrogen-bond donors (Lipinski definition) is 0. The van der Waals surface area contributed by atoms with Crippen molar-refractivity contribution in [2.45, 2.75) is 25.8 Å². The molecule has 0 unspecified atom stereocenters. The largest absolute Gasteiger partial charge is 0.494 e. The van der Waals surface area contributed by atoms with Crippen molar-refractivity contribution in [3.63, 3.8) is 0 Å². The first-order valence-corrected chi connectivity index (χ1v) is 11.3. The number of halogens is 1. The van der Waals surface area contributed by atoms with Gasteiger partial charge in [0.15, 0.2) is 0 Å². The van der Waals surface area contributed by atoms with E-state index in [4.69, 9.17) is 16.3 Å². The Morgan fingerprint density at radius 1 is 1.03 bits per heavy atom. The summed E-state index contributed by atoms with van der Waals surface area (Å²) in [7, 11) is 4.02. The zero-order chi connectivity index (χ0) is 22.8. The summed E-state index contributed by atoms with van der Waals surface area (Å²) in [5, 5.41) is 0.364. The number of carbonyl (C=O) groups is 2. The lowest BCUT2D eigenvalue weighted by Gasteiger charge is -2.36. The van der Waals surface area contributed by atoms with Crippen LogP contribution in [-0.2, 0) is 9.59 Å². The second kappa shape index (κ2) is 9.35. The molecule has 0 bridgehead atoms.